The Kier molecular flexibility index (Phi) is 5.17. The van der Waals surface area contributed by atoms with E-state index in [0.717, 1.165) is 33.4 Å². The van der Waals surface area contributed by atoms with Crippen LogP contribution in [0.5, 0.6) is 0 Å². The number of carbonyl (C=O) groups is 2. The Balaban J connectivity index is 1.28. The van der Waals surface area contributed by atoms with Gasteiger partial charge in [0.25, 0.3) is 0 Å². The molecule has 0 spiro atoms. The minimum atomic E-state index is -1.03. The van der Waals surface area contributed by atoms with Crippen molar-refractivity contribution in [1.82, 2.24) is 5.32 Å². The summed E-state index contributed by atoms with van der Waals surface area (Å²) in [6.45, 7) is 2.20. The van der Waals surface area contributed by atoms with Gasteiger partial charge in [0.15, 0.2) is 0 Å². The van der Waals surface area contributed by atoms with Gasteiger partial charge in [-0.05, 0) is 64.6 Å². The molecule has 32 heavy (non-hydrogen) atoms. The van der Waals surface area contributed by atoms with E-state index in [2.05, 4.69) is 29.6 Å². The number of aliphatic carboxylic acids is 1. The summed E-state index contributed by atoms with van der Waals surface area (Å²) in [5.74, 6) is -1.28. The molecule has 2 N–H and O–H groups in total. The Morgan fingerprint density at radius 3 is 2.25 bits per heavy atom. The highest BCUT2D eigenvalue weighted by molar-refractivity contribution is 5.81. The van der Waals surface area contributed by atoms with Crippen LogP contribution in [0, 0.1) is 12.8 Å². The van der Waals surface area contributed by atoms with Gasteiger partial charge in [-0.3, -0.25) is 0 Å². The lowest BCUT2D eigenvalue weighted by atomic mass is 9.96. The largest absolute Gasteiger partial charge is 0.480 e. The van der Waals surface area contributed by atoms with Crippen LogP contribution >= 0.6 is 0 Å². The first-order valence-corrected chi connectivity index (χ1v) is 10.9. The van der Waals surface area contributed by atoms with Crippen molar-refractivity contribution in [2.24, 2.45) is 5.92 Å². The van der Waals surface area contributed by atoms with Crippen molar-refractivity contribution in [2.75, 3.05) is 6.61 Å². The summed E-state index contributed by atoms with van der Waals surface area (Å²) in [5, 5.41) is 12.4. The van der Waals surface area contributed by atoms with E-state index in [4.69, 9.17) is 4.74 Å². The van der Waals surface area contributed by atoms with Crippen LogP contribution in [0.25, 0.3) is 11.1 Å². The Bertz CT molecular complexity index is 1160. The Morgan fingerprint density at radius 1 is 0.969 bits per heavy atom. The molecular formula is C27H25NO4. The Labute approximate surface area is 187 Å². The molecule has 0 heterocycles. The van der Waals surface area contributed by atoms with E-state index in [9.17, 15) is 14.7 Å². The van der Waals surface area contributed by atoms with Gasteiger partial charge in [-0.25, -0.2) is 9.59 Å². The highest BCUT2D eigenvalue weighted by atomic mass is 16.5. The van der Waals surface area contributed by atoms with Gasteiger partial charge >= 0.3 is 12.1 Å². The van der Waals surface area contributed by atoms with Gasteiger partial charge in [0.2, 0.25) is 0 Å². The maximum absolute atomic E-state index is 12.6. The number of nitrogens with one attached hydrogen (secondary N) is 1. The standard InChI is InChI=1S/C27H25NO4/c1-16-7-6-8-17-13-18(14-23(16)17)25(26(29)30)28-27(31)32-15-24-21-11-4-2-9-19(21)20-10-3-5-12-22(20)24/h2-12,18,24-25H,13-15H2,1H3,(H,28,31)(H,29,30)/t18-,25+/m1/s1. The summed E-state index contributed by atoms with van der Waals surface area (Å²) in [6.07, 6.45) is 0.590. The van der Waals surface area contributed by atoms with Crippen LogP contribution in [0.2, 0.25) is 0 Å². The number of aryl methyl sites for hydroxylation is 1. The van der Waals surface area contributed by atoms with Crippen molar-refractivity contribution in [1.29, 1.82) is 0 Å². The Hall–Kier alpha value is -3.60. The molecule has 0 saturated carbocycles. The number of fused-ring (bicyclic) bond motifs is 4. The minimum absolute atomic E-state index is 0.0604. The SMILES string of the molecule is Cc1cccc2c1C[C@H]([C@H](NC(=O)OCC1c3ccccc3-c3ccccc31)C(=O)O)C2. The fraction of sp³-hybridized carbons (Fsp3) is 0.259. The third-order valence-electron chi connectivity index (χ3n) is 6.81. The first kappa shape index (κ1) is 20.3. The number of hydrogen-bond acceptors (Lipinski definition) is 3. The molecule has 2 atom stereocenters. The highest BCUT2D eigenvalue weighted by Crippen LogP contribution is 2.44. The molecular weight excluding hydrogens is 402 g/mol. The first-order valence-electron chi connectivity index (χ1n) is 10.9. The maximum Gasteiger partial charge on any atom is 0.407 e. The number of hydrogen-bond donors (Lipinski definition) is 2. The number of carbonyl (C=O) groups excluding carboxylic acids is 1. The topological polar surface area (TPSA) is 75.6 Å². The molecule has 3 aromatic rings. The van der Waals surface area contributed by atoms with Gasteiger partial charge in [-0.2, -0.15) is 0 Å². The molecule has 0 radical (unpaired) electrons. The zero-order valence-corrected chi connectivity index (χ0v) is 17.9. The average molecular weight is 428 g/mol. The molecule has 0 aromatic heterocycles. The second-order valence-electron chi connectivity index (χ2n) is 8.67. The molecule has 1 amide bonds. The van der Waals surface area contributed by atoms with Crippen LogP contribution in [0.3, 0.4) is 0 Å². The Morgan fingerprint density at radius 2 is 1.62 bits per heavy atom. The van der Waals surface area contributed by atoms with Gasteiger partial charge in [0.05, 0.1) is 0 Å². The van der Waals surface area contributed by atoms with Crippen molar-refractivity contribution in [3.8, 4) is 11.1 Å². The second-order valence-corrected chi connectivity index (χ2v) is 8.67. The molecule has 5 heteroatoms. The van der Waals surface area contributed by atoms with Gasteiger partial charge in [-0.15, -0.1) is 0 Å². The minimum Gasteiger partial charge on any atom is -0.480 e. The van der Waals surface area contributed by atoms with E-state index in [-0.39, 0.29) is 18.4 Å². The lowest BCUT2D eigenvalue weighted by Crippen LogP contribution is -2.46. The van der Waals surface area contributed by atoms with Crippen molar-refractivity contribution in [3.63, 3.8) is 0 Å². The quantitative estimate of drug-likeness (QED) is 0.619. The molecule has 5 nitrogen and oxygen atoms in total. The van der Waals surface area contributed by atoms with Crippen LogP contribution in [0.1, 0.15) is 33.7 Å². The molecule has 0 saturated heterocycles. The van der Waals surface area contributed by atoms with Crippen molar-refractivity contribution in [2.45, 2.75) is 31.7 Å². The molecule has 162 valence electrons. The van der Waals surface area contributed by atoms with Gasteiger partial charge in [0, 0.05) is 5.92 Å². The molecule has 5 rings (SSSR count). The van der Waals surface area contributed by atoms with Gasteiger partial charge in [0.1, 0.15) is 12.6 Å². The summed E-state index contributed by atoms with van der Waals surface area (Å²) in [6, 6.07) is 21.3. The van der Waals surface area contributed by atoms with E-state index in [1.54, 1.807) is 0 Å². The smallest absolute Gasteiger partial charge is 0.407 e. The van der Waals surface area contributed by atoms with Crippen LogP contribution in [-0.4, -0.2) is 29.8 Å². The number of alkyl carbamates (subject to hydrolysis) is 1. The number of rotatable bonds is 5. The van der Waals surface area contributed by atoms with Gasteiger partial charge < -0.3 is 15.2 Å². The number of carboxylic acid groups (broad SMARTS) is 1. The molecule has 0 unspecified atom stereocenters. The van der Waals surface area contributed by atoms with E-state index < -0.39 is 18.1 Å². The molecule has 0 bridgehead atoms. The second kappa shape index (κ2) is 8.15. The van der Waals surface area contributed by atoms with Crippen LogP contribution < -0.4 is 5.32 Å². The third kappa shape index (κ3) is 3.54. The van der Waals surface area contributed by atoms with Gasteiger partial charge in [-0.1, -0.05) is 66.7 Å². The van der Waals surface area contributed by atoms with Crippen molar-refractivity contribution >= 4 is 12.1 Å². The maximum atomic E-state index is 12.6. The number of amides is 1. The van der Waals surface area contributed by atoms with E-state index in [1.165, 1.54) is 5.56 Å². The predicted molar refractivity (Wildman–Crippen MR) is 122 cm³/mol. The molecule has 2 aliphatic rings. The number of carboxylic acids is 1. The van der Waals surface area contributed by atoms with E-state index in [0.29, 0.717) is 12.8 Å². The van der Waals surface area contributed by atoms with Crippen LogP contribution in [-0.2, 0) is 22.4 Å². The third-order valence-corrected chi connectivity index (χ3v) is 6.81. The normalized spacial score (nSPS) is 17.2. The zero-order valence-electron chi connectivity index (χ0n) is 17.9. The summed E-state index contributed by atoms with van der Waals surface area (Å²) >= 11 is 0. The number of ether oxygens (including phenoxy) is 1. The van der Waals surface area contributed by atoms with Crippen LogP contribution in [0.4, 0.5) is 4.79 Å². The molecule has 2 aliphatic carbocycles. The van der Waals surface area contributed by atoms with E-state index >= 15 is 0 Å². The van der Waals surface area contributed by atoms with Crippen molar-refractivity contribution < 1.29 is 19.4 Å². The van der Waals surface area contributed by atoms with E-state index in [1.807, 2.05) is 49.4 Å². The lowest BCUT2D eigenvalue weighted by Gasteiger charge is -2.21. The monoisotopic (exact) mass is 427 g/mol. The number of benzene rings is 3. The molecule has 0 fully saturated rings. The highest BCUT2D eigenvalue weighted by Gasteiger charge is 2.36. The predicted octanol–water partition coefficient (Wildman–Crippen LogP) is 4.70. The fourth-order valence-corrected chi connectivity index (χ4v) is 5.25. The summed E-state index contributed by atoms with van der Waals surface area (Å²) in [7, 11) is 0. The average Bonchev–Trinajstić information content (AvgIpc) is 3.36. The molecule has 0 aliphatic heterocycles. The summed E-state index contributed by atoms with van der Waals surface area (Å²) in [4.78, 5) is 24.6. The fourth-order valence-electron chi connectivity index (χ4n) is 5.25. The summed E-state index contributed by atoms with van der Waals surface area (Å²) < 4.78 is 5.57. The van der Waals surface area contributed by atoms with Crippen LogP contribution in [0.15, 0.2) is 66.7 Å². The van der Waals surface area contributed by atoms with Crippen molar-refractivity contribution in [3.05, 3.63) is 94.5 Å². The first-order chi connectivity index (χ1) is 15.5. The summed E-state index contributed by atoms with van der Waals surface area (Å²) in [5.41, 5.74) is 8.07. The zero-order chi connectivity index (χ0) is 22.2. The molecule has 3 aromatic carbocycles. The lowest BCUT2D eigenvalue weighted by molar-refractivity contribution is -0.140.